The van der Waals surface area contributed by atoms with Gasteiger partial charge in [0.2, 0.25) is 5.89 Å². The molecule has 0 atom stereocenters. The Kier molecular flexibility index (Phi) is 4.75. The number of aryl methyl sites for hydroxylation is 2. The van der Waals surface area contributed by atoms with Crippen LogP contribution >= 0.6 is 0 Å². The summed E-state index contributed by atoms with van der Waals surface area (Å²) in [6, 6.07) is 15.2. The maximum Gasteiger partial charge on any atom is 0.226 e. The van der Waals surface area contributed by atoms with Crippen molar-refractivity contribution in [3.8, 4) is 17.2 Å². The first-order valence-electron chi connectivity index (χ1n) is 7.87. The molecule has 0 aliphatic heterocycles. The smallest absolute Gasteiger partial charge is 0.226 e. The predicted octanol–water partition coefficient (Wildman–Crippen LogP) is 4.39. The van der Waals surface area contributed by atoms with Gasteiger partial charge in [-0.1, -0.05) is 18.2 Å². The molecule has 1 aromatic heterocycles. The lowest BCUT2D eigenvalue weighted by Crippen LogP contribution is -2.04. The minimum Gasteiger partial charge on any atom is -0.493 e. The second kappa shape index (κ2) is 7.13. The molecule has 0 spiro atoms. The van der Waals surface area contributed by atoms with Gasteiger partial charge in [0.25, 0.3) is 0 Å². The fourth-order valence-corrected chi connectivity index (χ4v) is 2.53. The van der Waals surface area contributed by atoms with Gasteiger partial charge in [-0.05, 0) is 49.7 Å². The lowest BCUT2D eigenvalue weighted by atomic mass is 10.1. The van der Waals surface area contributed by atoms with Crippen molar-refractivity contribution >= 4 is 6.29 Å². The van der Waals surface area contributed by atoms with Gasteiger partial charge in [-0.3, -0.25) is 4.79 Å². The third kappa shape index (κ3) is 3.54. The number of nitrogens with zero attached hydrogens (tertiary/aromatic N) is 1. The zero-order chi connectivity index (χ0) is 16.9. The monoisotopic (exact) mass is 321 g/mol. The number of benzene rings is 2. The first kappa shape index (κ1) is 16.0. The van der Waals surface area contributed by atoms with Crippen LogP contribution in [0.1, 0.15) is 27.4 Å². The molecule has 0 saturated carbocycles. The number of aromatic nitrogens is 1. The molecule has 0 fully saturated rings. The highest BCUT2D eigenvalue weighted by molar-refractivity contribution is 5.75. The second-order valence-corrected chi connectivity index (χ2v) is 5.63. The van der Waals surface area contributed by atoms with Crippen LogP contribution in [0.5, 0.6) is 5.75 Å². The molecule has 4 heteroatoms. The Morgan fingerprint density at radius 3 is 2.62 bits per heavy atom. The summed E-state index contributed by atoms with van der Waals surface area (Å²) in [4.78, 5) is 15.3. The molecule has 0 aliphatic carbocycles. The number of hydrogen-bond donors (Lipinski definition) is 0. The van der Waals surface area contributed by atoms with E-state index in [1.807, 2.05) is 56.3 Å². The van der Waals surface area contributed by atoms with Crippen molar-refractivity contribution in [1.82, 2.24) is 4.98 Å². The average molecular weight is 321 g/mol. The molecule has 0 amide bonds. The van der Waals surface area contributed by atoms with Crippen molar-refractivity contribution in [1.29, 1.82) is 0 Å². The zero-order valence-electron chi connectivity index (χ0n) is 13.8. The Morgan fingerprint density at radius 1 is 1.12 bits per heavy atom. The number of rotatable bonds is 6. The van der Waals surface area contributed by atoms with Crippen molar-refractivity contribution in [2.45, 2.75) is 20.3 Å². The molecule has 0 N–H and O–H groups in total. The van der Waals surface area contributed by atoms with E-state index in [4.69, 9.17) is 9.15 Å². The number of ether oxygens (including phenoxy) is 1. The number of oxazole rings is 1. The third-order valence-electron chi connectivity index (χ3n) is 3.84. The third-order valence-corrected chi connectivity index (χ3v) is 3.84. The van der Waals surface area contributed by atoms with Gasteiger partial charge in [-0.2, -0.15) is 0 Å². The highest BCUT2D eigenvalue weighted by Crippen LogP contribution is 2.22. The van der Waals surface area contributed by atoms with Crippen LogP contribution in [-0.2, 0) is 6.42 Å². The van der Waals surface area contributed by atoms with E-state index >= 15 is 0 Å². The Hall–Kier alpha value is -2.88. The fourth-order valence-electron chi connectivity index (χ4n) is 2.53. The van der Waals surface area contributed by atoms with Gasteiger partial charge < -0.3 is 9.15 Å². The van der Waals surface area contributed by atoms with Gasteiger partial charge >= 0.3 is 0 Å². The first-order chi connectivity index (χ1) is 11.7. The highest BCUT2D eigenvalue weighted by atomic mass is 16.5. The van der Waals surface area contributed by atoms with Crippen LogP contribution < -0.4 is 4.74 Å². The van der Waals surface area contributed by atoms with Crippen molar-refractivity contribution in [2.24, 2.45) is 0 Å². The van der Waals surface area contributed by atoms with E-state index in [0.717, 1.165) is 34.6 Å². The molecule has 2 aromatic carbocycles. The number of aldehydes is 1. The Bertz CT molecular complexity index is 837. The van der Waals surface area contributed by atoms with Gasteiger partial charge in [-0.25, -0.2) is 4.98 Å². The minimum atomic E-state index is 0.503. The summed E-state index contributed by atoms with van der Waals surface area (Å²) in [7, 11) is 0. The molecule has 4 nitrogen and oxygen atoms in total. The Morgan fingerprint density at radius 2 is 1.92 bits per heavy atom. The topological polar surface area (TPSA) is 52.3 Å². The number of carbonyl (C=O) groups excluding carboxylic acids is 1. The molecular weight excluding hydrogens is 302 g/mol. The second-order valence-electron chi connectivity index (χ2n) is 5.63. The summed E-state index contributed by atoms with van der Waals surface area (Å²) in [6.07, 6.45) is 1.50. The van der Waals surface area contributed by atoms with Crippen LogP contribution in [-0.4, -0.2) is 17.9 Å². The van der Waals surface area contributed by atoms with E-state index in [9.17, 15) is 4.79 Å². The van der Waals surface area contributed by atoms with Crippen molar-refractivity contribution in [2.75, 3.05) is 6.61 Å². The summed E-state index contributed by atoms with van der Waals surface area (Å²) in [6.45, 7) is 4.35. The van der Waals surface area contributed by atoms with E-state index in [0.29, 0.717) is 24.5 Å². The normalized spacial score (nSPS) is 10.6. The molecule has 122 valence electrons. The van der Waals surface area contributed by atoms with Crippen molar-refractivity contribution < 1.29 is 13.9 Å². The quantitative estimate of drug-likeness (QED) is 0.632. The number of hydrogen-bond acceptors (Lipinski definition) is 4. The van der Waals surface area contributed by atoms with Crippen LogP contribution in [0.15, 0.2) is 52.9 Å². The number of carbonyl (C=O) groups is 1. The van der Waals surface area contributed by atoms with Crippen molar-refractivity contribution in [3.05, 3.63) is 71.1 Å². The summed E-state index contributed by atoms with van der Waals surface area (Å²) in [5, 5.41) is 0. The van der Waals surface area contributed by atoms with Gasteiger partial charge in [0.15, 0.2) is 0 Å². The molecule has 1 heterocycles. The van der Waals surface area contributed by atoms with Crippen LogP contribution in [0.2, 0.25) is 0 Å². The molecule has 24 heavy (non-hydrogen) atoms. The molecule has 3 aromatic rings. The Labute approximate surface area is 141 Å². The SMILES string of the molecule is Cc1cc(C=O)ccc1OCCc1nc(-c2ccccc2)oc1C. The lowest BCUT2D eigenvalue weighted by molar-refractivity contribution is 0.112. The summed E-state index contributed by atoms with van der Waals surface area (Å²) in [5.74, 6) is 2.23. The van der Waals surface area contributed by atoms with E-state index in [1.165, 1.54) is 0 Å². The summed E-state index contributed by atoms with van der Waals surface area (Å²) in [5.41, 5.74) is 3.46. The van der Waals surface area contributed by atoms with E-state index < -0.39 is 0 Å². The van der Waals surface area contributed by atoms with Gasteiger partial charge in [-0.15, -0.1) is 0 Å². The minimum absolute atomic E-state index is 0.503. The predicted molar refractivity (Wildman–Crippen MR) is 92.4 cm³/mol. The fraction of sp³-hybridized carbons (Fsp3) is 0.200. The van der Waals surface area contributed by atoms with Crippen LogP contribution in [0, 0.1) is 13.8 Å². The molecule has 0 unspecified atom stereocenters. The largest absolute Gasteiger partial charge is 0.493 e. The lowest BCUT2D eigenvalue weighted by Gasteiger charge is -2.08. The highest BCUT2D eigenvalue weighted by Gasteiger charge is 2.11. The van der Waals surface area contributed by atoms with Gasteiger partial charge in [0.1, 0.15) is 17.8 Å². The zero-order valence-corrected chi connectivity index (χ0v) is 13.8. The standard InChI is InChI=1S/C20H19NO3/c1-14-12-16(13-22)8-9-19(14)23-11-10-18-15(2)24-20(21-18)17-6-4-3-5-7-17/h3-9,12-13H,10-11H2,1-2H3. The van der Waals surface area contributed by atoms with Crippen LogP contribution in [0.4, 0.5) is 0 Å². The summed E-state index contributed by atoms with van der Waals surface area (Å²) < 4.78 is 11.6. The molecule has 0 saturated heterocycles. The molecule has 0 aliphatic rings. The Balaban J connectivity index is 1.65. The molecule has 0 bridgehead atoms. The average Bonchev–Trinajstić information content (AvgIpc) is 2.98. The first-order valence-corrected chi connectivity index (χ1v) is 7.87. The van der Waals surface area contributed by atoms with Crippen LogP contribution in [0.25, 0.3) is 11.5 Å². The molecular formula is C20H19NO3. The van der Waals surface area contributed by atoms with E-state index in [1.54, 1.807) is 6.07 Å². The van der Waals surface area contributed by atoms with Crippen LogP contribution in [0.3, 0.4) is 0 Å². The molecule has 0 radical (unpaired) electrons. The molecule has 3 rings (SSSR count). The summed E-state index contributed by atoms with van der Waals surface area (Å²) >= 11 is 0. The van der Waals surface area contributed by atoms with Gasteiger partial charge in [0, 0.05) is 17.5 Å². The van der Waals surface area contributed by atoms with E-state index in [-0.39, 0.29) is 0 Å². The van der Waals surface area contributed by atoms with Crippen molar-refractivity contribution in [3.63, 3.8) is 0 Å². The maximum absolute atomic E-state index is 10.8. The van der Waals surface area contributed by atoms with Gasteiger partial charge in [0.05, 0.1) is 12.3 Å². The maximum atomic E-state index is 10.8. The van der Waals surface area contributed by atoms with E-state index in [2.05, 4.69) is 4.98 Å².